The molecule has 0 saturated heterocycles. The Bertz CT molecular complexity index is 587. The van der Waals surface area contributed by atoms with Crippen LogP contribution in [-0.2, 0) is 6.42 Å². The van der Waals surface area contributed by atoms with Crippen molar-refractivity contribution in [2.45, 2.75) is 27.2 Å². The lowest BCUT2D eigenvalue weighted by atomic mass is 9.94. The second-order valence-corrected chi connectivity index (χ2v) is 4.83. The summed E-state index contributed by atoms with van der Waals surface area (Å²) in [5.74, 6) is 0.959. The normalized spacial score (nSPS) is 10.8. The minimum Gasteiger partial charge on any atom is -0.496 e. The van der Waals surface area contributed by atoms with Gasteiger partial charge in [0.05, 0.1) is 19.0 Å². The van der Waals surface area contributed by atoms with Crippen LogP contribution in [-0.4, -0.2) is 23.9 Å². The molecule has 19 heavy (non-hydrogen) atoms. The molecule has 0 unspecified atom stereocenters. The van der Waals surface area contributed by atoms with Crippen LogP contribution in [0.15, 0.2) is 12.3 Å². The third-order valence-electron chi connectivity index (χ3n) is 3.63. The van der Waals surface area contributed by atoms with Crippen LogP contribution in [0, 0.1) is 20.8 Å². The van der Waals surface area contributed by atoms with Gasteiger partial charge in [0.1, 0.15) is 5.75 Å². The average molecular weight is 259 g/mol. The molecule has 2 rings (SSSR count). The summed E-state index contributed by atoms with van der Waals surface area (Å²) in [5.41, 5.74) is 12.6. The fourth-order valence-corrected chi connectivity index (χ4v) is 2.52. The van der Waals surface area contributed by atoms with E-state index in [1.807, 2.05) is 6.20 Å². The Morgan fingerprint density at radius 2 is 2.00 bits per heavy atom. The summed E-state index contributed by atoms with van der Waals surface area (Å²) in [4.78, 5) is 0. The van der Waals surface area contributed by atoms with Crippen LogP contribution >= 0.6 is 0 Å². The predicted octanol–water partition coefficient (Wildman–Crippen LogP) is 2.51. The SMILES string of the molecule is COc1c(C)cc(-c2[nH]ncc2CCN)c(C)c1C. The largest absolute Gasteiger partial charge is 0.496 e. The number of nitrogens with zero attached hydrogens (tertiary/aromatic N) is 1. The van der Waals surface area contributed by atoms with Crippen molar-refractivity contribution in [3.8, 4) is 17.0 Å². The summed E-state index contributed by atoms with van der Waals surface area (Å²) >= 11 is 0. The molecule has 2 aromatic rings. The lowest BCUT2D eigenvalue weighted by molar-refractivity contribution is 0.408. The van der Waals surface area contributed by atoms with Crippen LogP contribution in [0.2, 0.25) is 0 Å². The first-order chi connectivity index (χ1) is 9.10. The van der Waals surface area contributed by atoms with Crippen LogP contribution in [0.1, 0.15) is 22.3 Å². The smallest absolute Gasteiger partial charge is 0.124 e. The fourth-order valence-electron chi connectivity index (χ4n) is 2.52. The Morgan fingerprint density at radius 3 is 2.63 bits per heavy atom. The molecule has 4 nitrogen and oxygen atoms in total. The van der Waals surface area contributed by atoms with E-state index < -0.39 is 0 Å². The van der Waals surface area contributed by atoms with E-state index in [0.29, 0.717) is 6.54 Å². The molecule has 0 aliphatic carbocycles. The summed E-state index contributed by atoms with van der Waals surface area (Å²) in [6, 6.07) is 2.15. The number of nitrogens with one attached hydrogen (secondary N) is 1. The number of aryl methyl sites for hydroxylation is 1. The van der Waals surface area contributed by atoms with Gasteiger partial charge in [0.15, 0.2) is 0 Å². The molecule has 1 aromatic heterocycles. The molecule has 1 aromatic carbocycles. The second kappa shape index (κ2) is 5.45. The monoisotopic (exact) mass is 259 g/mol. The lowest BCUT2D eigenvalue weighted by Crippen LogP contribution is -2.04. The van der Waals surface area contributed by atoms with E-state index >= 15 is 0 Å². The van der Waals surface area contributed by atoms with Gasteiger partial charge in [-0.15, -0.1) is 0 Å². The Balaban J connectivity index is 2.60. The van der Waals surface area contributed by atoms with Gasteiger partial charge in [-0.05, 0) is 62.1 Å². The number of H-pyrrole nitrogens is 1. The van der Waals surface area contributed by atoms with Gasteiger partial charge in [0, 0.05) is 5.56 Å². The molecular weight excluding hydrogens is 238 g/mol. The first-order valence-corrected chi connectivity index (χ1v) is 6.47. The Hall–Kier alpha value is -1.81. The van der Waals surface area contributed by atoms with Crippen molar-refractivity contribution in [2.24, 2.45) is 5.73 Å². The summed E-state index contributed by atoms with van der Waals surface area (Å²) in [7, 11) is 1.71. The van der Waals surface area contributed by atoms with E-state index in [1.165, 1.54) is 16.7 Å². The molecular formula is C15H21N3O. The van der Waals surface area contributed by atoms with Crippen LogP contribution in [0.25, 0.3) is 11.3 Å². The minimum atomic E-state index is 0.625. The van der Waals surface area contributed by atoms with E-state index in [-0.39, 0.29) is 0 Å². The number of benzene rings is 1. The Morgan fingerprint density at radius 1 is 1.26 bits per heavy atom. The number of aromatic nitrogens is 2. The molecule has 0 fully saturated rings. The van der Waals surface area contributed by atoms with Crippen LogP contribution in [0.5, 0.6) is 5.75 Å². The van der Waals surface area contributed by atoms with Crippen molar-refractivity contribution in [3.05, 3.63) is 34.5 Å². The zero-order valence-electron chi connectivity index (χ0n) is 12.0. The van der Waals surface area contributed by atoms with Gasteiger partial charge in [0.2, 0.25) is 0 Å². The molecule has 102 valence electrons. The molecule has 4 heteroatoms. The average Bonchev–Trinajstić information content (AvgIpc) is 2.83. The topological polar surface area (TPSA) is 63.9 Å². The highest BCUT2D eigenvalue weighted by Gasteiger charge is 2.15. The van der Waals surface area contributed by atoms with Crippen molar-refractivity contribution >= 4 is 0 Å². The third-order valence-corrected chi connectivity index (χ3v) is 3.63. The van der Waals surface area contributed by atoms with Gasteiger partial charge >= 0.3 is 0 Å². The molecule has 3 N–H and O–H groups in total. The highest BCUT2D eigenvalue weighted by atomic mass is 16.5. The van der Waals surface area contributed by atoms with Gasteiger partial charge in [-0.2, -0.15) is 5.10 Å². The van der Waals surface area contributed by atoms with E-state index in [9.17, 15) is 0 Å². The number of aromatic amines is 1. The van der Waals surface area contributed by atoms with Crippen LogP contribution < -0.4 is 10.5 Å². The first kappa shape index (κ1) is 13.6. The number of methoxy groups -OCH3 is 1. The number of hydrogen-bond acceptors (Lipinski definition) is 3. The van der Waals surface area contributed by atoms with Gasteiger partial charge in [0.25, 0.3) is 0 Å². The Labute approximate surface area is 114 Å². The van der Waals surface area contributed by atoms with E-state index in [2.05, 4.69) is 37.0 Å². The van der Waals surface area contributed by atoms with Crippen molar-refractivity contribution in [2.75, 3.05) is 13.7 Å². The quantitative estimate of drug-likeness (QED) is 0.886. The minimum absolute atomic E-state index is 0.625. The summed E-state index contributed by atoms with van der Waals surface area (Å²) in [6.45, 7) is 6.89. The summed E-state index contributed by atoms with van der Waals surface area (Å²) in [6.07, 6.45) is 2.69. The maximum Gasteiger partial charge on any atom is 0.124 e. The first-order valence-electron chi connectivity index (χ1n) is 6.47. The van der Waals surface area contributed by atoms with Gasteiger partial charge in [-0.1, -0.05) is 0 Å². The highest BCUT2D eigenvalue weighted by molar-refractivity contribution is 5.71. The van der Waals surface area contributed by atoms with E-state index in [1.54, 1.807) is 7.11 Å². The maximum absolute atomic E-state index is 5.65. The fraction of sp³-hybridized carbons (Fsp3) is 0.400. The molecule has 0 amide bonds. The molecule has 0 atom stereocenters. The van der Waals surface area contributed by atoms with E-state index in [0.717, 1.165) is 29.0 Å². The lowest BCUT2D eigenvalue weighted by Gasteiger charge is -2.15. The zero-order chi connectivity index (χ0) is 14.0. The third kappa shape index (κ3) is 2.36. The van der Waals surface area contributed by atoms with Gasteiger partial charge in [-0.25, -0.2) is 0 Å². The van der Waals surface area contributed by atoms with Crippen molar-refractivity contribution < 1.29 is 4.74 Å². The highest BCUT2D eigenvalue weighted by Crippen LogP contribution is 2.34. The van der Waals surface area contributed by atoms with Crippen molar-refractivity contribution in [1.29, 1.82) is 0 Å². The summed E-state index contributed by atoms with van der Waals surface area (Å²) in [5, 5.41) is 7.24. The van der Waals surface area contributed by atoms with Crippen LogP contribution in [0.3, 0.4) is 0 Å². The molecule has 1 heterocycles. The molecule has 0 spiro atoms. The van der Waals surface area contributed by atoms with Crippen molar-refractivity contribution in [1.82, 2.24) is 10.2 Å². The molecule has 0 bridgehead atoms. The van der Waals surface area contributed by atoms with Crippen LogP contribution in [0.4, 0.5) is 0 Å². The number of ether oxygens (including phenoxy) is 1. The van der Waals surface area contributed by atoms with Gasteiger partial charge < -0.3 is 10.5 Å². The standard InChI is InChI=1S/C15H21N3O/c1-9-7-13(10(2)11(3)15(9)19-4)14-12(5-6-16)8-17-18-14/h7-8H,5-6,16H2,1-4H3,(H,17,18). The predicted molar refractivity (Wildman–Crippen MR) is 77.5 cm³/mol. The number of rotatable bonds is 4. The van der Waals surface area contributed by atoms with Crippen molar-refractivity contribution in [3.63, 3.8) is 0 Å². The molecule has 0 aliphatic rings. The molecule has 0 saturated carbocycles. The Kier molecular flexibility index (Phi) is 3.90. The second-order valence-electron chi connectivity index (χ2n) is 4.83. The molecule has 0 aliphatic heterocycles. The number of hydrogen-bond donors (Lipinski definition) is 2. The zero-order valence-corrected chi connectivity index (χ0v) is 12.0. The van der Waals surface area contributed by atoms with Gasteiger partial charge in [-0.3, -0.25) is 5.10 Å². The number of nitrogens with two attached hydrogens (primary N) is 1. The maximum atomic E-state index is 5.65. The molecule has 0 radical (unpaired) electrons. The van der Waals surface area contributed by atoms with E-state index in [4.69, 9.17) is 10.5 Å². The summed E-state index contributed by atoms with van der Waals surface area (Å²) < 4.78 is 5.46.